The Balaban J connectivity index is 1.66. The summed E-state index contributed by atoms with van der Waals surface area (Å²) >= 11 is 0. The Bertz CT molecular complexity index is 708. The Kier molecular flexibility index (Phi) is 5.92. The highest BCUT2D eigenvalue weighted by Gasteiger charge is 2.47. The molecule has 1 aromatic carbocycles. The molecule has 0 radical (unpaired) electrons. The summed E-state index contributed by atoms with van der Waals surface area (Å²) in [6, 6.07) is 5.55. The van der Waals surface area contributed by atoms with Crippen LogP contribution in [0.15, 0.2) is 24.3 Å². The van der Waals surface area contributed by atoms with E-state index in [-0.39, 0.29) is 30.9 Å². The van der Waals surface area contributed by atoms with Crippen molar-refractivity contribution in [3.63, 3.8) is 0 Å². The second kappa shape index (κ2) is 8.36. The van der Waals surface area contributed by atoms with Gasteiger partial charge in [0.2, 0.25) is 17.7 Å². The molecule has 0 saturated carbocycles. The van der Waals surface area contributed by atoms with E-state index in [1.807, 2.05) is 0 Å². The molecule has 2 aliphatic rings. The van der Waals surface area contributed by atoms with Crippen LogP contribution in [0, 0.1) is 0 Å². The van der Waals surface area contributed by atoms with Crippen LogP contribution < -0.4 is 20.7 Å². The van der Waals surface area contributed by atoms with Crippen LogP contribution in [0.25, 0.3) is 0 Å². The molecule has 3 rings (SSSR count). The van der Waals surface area contributed by atoms with Crippen LogP contribution in [0.5, 0.6) is 5.75 Å². The minimum absolute atomic E-state index is 0.106. The first-order chi connectivity index (χ1) is 13.0. The van der Waals surface area contributed by atoms with E-state index >= 15 is 0 Å². The zero-order chi connectivity index (χ0) is 19.4. The average molecular weight is 376 g/mol. The molecular formula is C18H24N4O5. The minimum Gasteiger partial charge on any atom is -0.497 e. The van der Waals surface area contributed by atoms with Crippen molar-refractivity contribution in [1.29, 1.82) is 0 Å². The Morgan fingerprint density at radius 2 is 2.00 bits per heavy atom. The molecular weight excluding hydrogens is 352 g/mol. The number of likely N-dealkylation sites (N-methyl/N-ethyl adjacent to an activating group) is 1. The van der Waals surface area contributed by atoms with Gasteiger partial charge >= 0.3 is 0 Å². The first-order valence-corrected chi connectivity index (χ1v) is 8.86. The lowest BCUT2D eigenvalue weighted by atomic mass is 10.1. The van der Waals surface area contributed by atoms with Crippen LogP contribution in [-0.4, -0.2) is 68.2 Å². The zero-order valence-electron chi connectivity index (χ0n) is 15.4. The molecule has 0 aromatic heterocycles. The largest absolute Gasteiger partial charge is 0.497 e. The fourth-order valence-corrected chi connectivity index (χ4v) is 3.36. The molecule has 0 spiro atoms. The summed E-state index contributed by atoms with van der Waals surface area (Å²) in [6.07, 6.45) is 0.667. The van der Waals surface area contributed by atoms with Crippen molar-refractivity contribution < 1.29 is 23.9 Å². The Labute approximate surface area is 157 Å². The number of hydrogen-bond donors (Lipinski definition) is 3. The summed E-state index contributed by atoms with van der Waals surface area (Å²) in [5.74, 6) is -0.171. The fourth-order valence-electron chi connectivity index (χ4n) is 3.36. The number of amides is 3. The van der Waals surface area contributed by atoms with Crippen LogP contribution in [0.3, 0.4) is 0 Å². The lowest BCUT2D eigenvalue weighted by molar-refractivity contribution is -0.166. The number of rotatable bonds is 6. The van der Waals surface area contributed by atoms with Gasteiger partial charge in [0.15, 0.2) is 0 Å². The number of methoxy groups -OCH3 is 1. The van der Waals surface area contributed by atoms with E-state index < -0.39 is 18.3 Å². The third-order valence-electron chi connectivity index (χ3n) is 4.67. The smallest absolute Gasteiger partial charge is 0.250 e. The predicted octanol–water partition coefficient (Wildman–Crippen LogP) is -0.315. The third-order valence-corrected chi connectivity index (χ3v) is 4.67. The van der Waals surface area contributed by atoms with Crippen LogP contribution in [-0.2, 0) is 19.1 Å². The van der Waals surface area contributed by atoms with Crippen molar-refractivity contribution in [2.75, 3.05) is 32.6 Å². The lowest BCUT2D eigenvalue weighted by Gasteiger charge is -2.37. The van der Waals surface area contributed by atoms with E-state index in [1.54, 1.807) is 38.4 Å². The van der Waals surface area contributed by atoms with Crippen molar-refractivity contribution in [3.05, 3.63) is 24.3 Å². The van der Waals surface area contributed by atoms with Gasteiger partial charge in [-0.2, -0.15) is 0 Å². The maximum atomic E-state index is 12.8. The molecule has 1 aromatic rings. The van der Waals surface area contributed by atoms with E-state index in [0.29, 0.717) is 24.3 Å². The number of anilines is 1. The maximum absolute atomic E-state index is 12.8. The van der Waals surface area contributed by atoms with E-state index in [0.717, 1.165) is 0 Å². The Morgan fingerprint density at radius 1 is 1.26 bits per heavy atom. The summed E-state index contributed by atoms with van der Waals surface area (Å²) < 4.78 is 10.8. The molecule has 3 atom stereocenters. The van der Waals surface area contributed by atoms with E-state index in [4.69, 9.17) is 9.47 Å². The second-order valence-corrected chi connectivity index (χ2v) is 6.49. The number of benzene rings is 1. The van der Waals surface area contributed by atoms with E-state index in [1.165, 1.54) is 4.90 Å². The molecule has 2 unspecified atom stereocenters. The van der Waals surface area contributed by atoms with Gasteiger partial charge in [-0.3, -0.25) is 14.4 Å². The van der Waals surface area contributed by atoms with Crippen molar-refractivity contribution in [3.8, 4) is 5.75 Å². The second-order valence-electron chi connectivity index (χ2n) is 6.49. The lowest BCUT2D eigenvalue weighted by Crippen LogP contribution is -2.61. The molecule has 146 valence electrons. The summed E-state index contributed by atoms with van der Waals surface area (Å²) in [4.78, 5) is 38.7. The molecule has 3 N–H and O–H groups in total. The number of hydrogen-bond acceptors (Lipinski definition) is 6. The number of fused-ring (bicyclic) bond motifs is 1. The maximum Gasteiger partial charge on any atom is 0.250 e. The Hall–Kier alpha value is -2.65. The monoisotopic (exact) mass is 376 g/mol. The van der Waals surface area contributed by atoms with Crippen molar-refractivity contribution in [1.82, 2.24) is 15.5 Å². The summed E-state index contributed by atoms with van der Waals surface area (Å²) in [5, 5.41) is 8.19. The van der Waals surface area contributed by atoms with Crippen molar-refractivity contribution in [2.45, 2.75) is 31.2 Å². The topological polar surface area (TPSA) is 109 Å². The molecule has 27 heavy (non-hydrogen) atoms. The molecule has 9 nitrogen and oxygen atoms in total. The quantitative estimate of drug-likeness (QED) is 0.628. The van der Waals surface area contributed by atoms with Gasteiger partial charge in [0.1, 0.15) is 24.1 Å². The van der Waals surface area contributed by atoms with E-state index in [2.05, 4.69) is 16.0 Å². The van der Waals surface area contributed by atoms with Gasteiger partial charge < -0.3 is 30.3 Å². The summed E-state index contributed by atoms with van der Waals surface area (Å²) in [7, 11) is 3.22. The number of nitrogens with zero attached hydrogens (tertiary/aromatic N) is 1. The molecule has 9 heteroatoms. The minimum atomic E-state index is -0.781. The highest BCUT2D eigenvalue weighted by atomic mass is 16.5. The Morgan fingerprint density at radius 3 is 2.67 bits per heavy atom. The van der Waals surface area contributed by atoms with Crippen molar-refractivity contribution >= 4 is 23.4 Å². The highest BCUT2D eigenvalue weighted by Crippen LogP contribution is 2.30. The molecule has 0 bridgehead atoms. The van der Waals surface area contributed by atoms with Crippen LogP contribution in [0.4, 0.5) is 5.69 Å². The van der Waals surface area contributed by atoms with Gasteiger partial charge in [-0.15, -0.1) is 0 Å². The van der Waals surface area contributed by atoms with Gasteiger partial charge in [-0.1, -0.05) is 0 Å². The van der Waals surface area contributed by atoms with Crippen LogP contribution >= 0.6 is 0 Å². The zero-order valence-corrected chi connectivity index (χ0v) is 15.4. The molecule has 0 aliphatic carbocycles. The average Bonchev–Trinajstić information content (AvgIpc) is 3.10. The molecule has 2 fully saturated rings. The number of carbonyl (C=O) groups is 3. The molecule has 2 heterocycles. The predicted molar refractivity (Wildman–Crippen MR) is 97.1 cm³/mol. The number of nitrogens with one attached hydrogen (secondary N) is 3. The third kappa shape index (κ3) is 4.20. The van der Waals surface area contributed by atoms with Crippen LogP contribution in [0.1, 0.15) is 12.8 Å². The first-order valence-electron chi connectivity index (χ1n) is 8.86. The first kappa shape index (κ1) is 19.1. The van der Waals surface area contributed by atoms with E-state index in [9.17, 15) is 14.4 Å². The van der Waals surface area contributed by atoms with Gasteiger partial charge in [-0.05, 0) is 44.2 Å². The molecule has 3 amide bonds. The SMILES string of the molecule is CNCC(=O)N[C@H]1COC2CCC(C(=O)Nc3ccc(OC)cc3)N2C1=O. The van der Waals surface area contributed by atoms with Gasteiger partial charge in [0, 0.05) is 5.69 Å². The van der Waals surface area contributed by atoms with Gasteiger partial charge in [-0.25, -0.2) is 0 Å². The van der Waals surface area contributed by atoms with Gasteiger partial charge in [0.05, 0.1) is 20.3 Å². The summed E-state index contributed by atoms with van der Waals surface area (Å²) in [6.45, 7) is 0.219. The number of ether oxygens (including phenoxy) is 2. The number of carbonyl (C=O) groups excluding carboxylic acids is 3. The van der Waals surface area contributed by atoms with Gasteiger partial charge in [0.25, 0.3) is 0 Å². The normalized spacial score (nSPS) is 24.3. The fraction of sp³-hybridized carbons (Fsp3) is 0.500. The molecule has 2 saturated heterocycles. The molecule has 2 aliphatic heterocycles. The van der Waals surface area contributed by atoms with Crippen molar-refractivity contribution in [2.24, 2.45) is 0 Å². The highest BCUT2D eigenvalue weighted by molar-refractivity contribution is 5.99. The standard InChI is InChI=1S/C18H24N4O5/c1-19-9-15(23)21-13-10-27-16-8-7-14(22(16)18(13)25)17(24)20-11-3-5-12(26-2)6-4-11/h3-6,13-14,16,19H,7-10H2,1-2H3,(H,20,24)(H,21,23)/t13-,14?,16?/m0/s1. The van der Waals surface area contributed by atoms with Crippen LogP contribution in [0.2, 0.25) is 0 Å². The summed E-state index contributed by atoms with van der Waals surface area (Å²) in [5.41, 5.74) is 0.619.